The molecule has 2 aromatic rings. The second-order valence-corrected chi connectivity index (χ2v) is 7.38. The summed E-state index contributed by atoms with van der Waals surface area (Å²) in [6.07, 6.45) is -4.49. The molecule has 5 nitrogen and oxygen atoms in total. The van der Waals surface area contributed by atoms with Crippen molar-refractivity contribution >= 4 is 21.6 Å². The van der Waals surface area contributed by atoms with E-state index < -0.39 is 40.0 Å². The van der Waals surface area contributed by atoms with Gasteiger partial charge in [0.25, 0.3) is 0 Å². The third-order valence-electron chi connectivity index (χ3n) is 3.38. The van der Waals surface area contributed by atoms with Crippen LogP contribution in [0.4, 0.5) is 23.2 Å². The molecule has 0 saturated heterocycles. The second kappa shape index (κ2) is 7.42. The van der Waals surface area contributed by atoms with E-state index in [2.05, 4.69) is 5.32 Å². The highest BCUT2D eigenvalue weighted by Crippen LogP contribution is 2.29. The van der Waals surface area contributed by atoms with Crippen LogP contribution >= 0.6 is 0 Å². The van der Waals surface area contributed by atoms with Crippen LogP contribution in [-0.2, 0) is 21.0 Å². The summed E-state index contributed by atoms with van der Waals surface area (Å²) in [7, 11) is -2.85. The average molecular weight is 390 g/mol. The van der Waals surface area contributed by atoms with Crippen molar-refractivity contribution in [2.45, 2.75) is 11.1 Å². The minimum Gasteiger partial charge on any atom is -0.325 e. The summed E-state index contributed by atoms with van der Waals surface area (Å²) < 4.78 is 75.7. The number of carbonyl (C=O) groups excluding carboxylic acids is 1. The molecule has 2 aromatic carbocycles. The summed E-state index contributed by atoms with van der Waals surface area (Å²) in [5, 5.41) is 2.31. The van der Waals surface area contributed by atoms with Gasteiger partial charge in [-0.1, -0.05) is 0 Å². The highest BCUT2D eigenvalue weighted by Gasteiger charge is 2.30. The van der Waals surface area contributed by atoms with Crippen molar-refractivity contribution in [1.29, 1.82) is 0 Å². The number of halogens is 4. The van der Waals surface area contributed by atoms with Gasteiger partial charge in [0.05, 0.1) is 17.0 Å². The van der Waals surface area contributed by atoms with Crippen LogP contribution in [0.25, 0.3) is 0 Å². The first-order valence-electron chi connectivity index (χ1n) is 7.19. The molecule has 0 aliphatic rings. The van der Waals surface area contributed by atoms with Crippen molar-refractivity contribution in [3.8, 4) is 0 Å². The van der Waals surface area contributed by atoms with Crippen molar-refractivity contribution in [3.63, 3.8) is 0 Å². The molecule has 26 heavy (non-hydrogen) atoms. The van der Waals surface area contributed by atoms with Crippen molar-refractivity contribution in [3.05, 3.63) is 59.9 Å². The van der Waals surface area contributed by atoms with Gasteiger partial charge in [-0.2, -0.15) is 17.5 Å². The van der Waals surface area contributed by atoms with Gasteiger partial charge in [-0.3, -0.25) is 4.79 Å². The molecule has 0 aromatic heterocycles. The maximum atomic E-state index is 12.9. The molecular formula is C16H14F4N2O3S. The lowest BCUT2D eigenvalue weighted by Gasteiger charge is -2.17. The van der Waals surface area contributed by atoms with Gasteiger partial charge in [-0.15, -0.1) is 0 Å². The summed E-state index contributed by atoms with van der Waals surface area (Å²) in [6, 6.07) is 7.81. The summed E-state index contributed by atoms with van der Waals surface area (Å²) >= 11 is 0. The molecular weight excluding hydrogens is 376 g/mol. The van der Waals surface area contributed by atoms with Crippen LogP contribution in [-0.4, -0.2) is 32.2 Å². The van der Waals surface area contributed by atoms with Crippen molar-refractivity contribution in [2.24, 2.45) is 0 Å². The van der Waals surface area contributed by atoms with E-state index in [1.54, 1.807) is 0 Å². The lowest BCUT2D eigenvalue weighted by atomic mass is 10.2. The number of amides is 1. The third kappa shape index (κ3) is 4.79. The lowest BCUT2D eigenvalue weighted by Crippen LogP contribution is -2.35. The van der Waals surface area contributed by atoms with E-state index in [-0.39, 0.29) is 10.6 Å². The van der Waals surface area contributed by atoms with Gasteiger partial charge in [-0.25, -0.2) is 12.8 Å². The summed E-state index contributed by atoms with van der Waals surface area (Å²) in [5.74, 6) is -1.34. The van der Waals surface area contributed by atoms with Gasteiger partial charge in [-0.05, 0) is 48.5 Å². The summed E-state index contributed by atoms with van der Waals surface area (Å²) in [5.41, 5.74) is -0.776. The van der Waals surface area contributed by atoms with Crippen LogP contribution in [0.3, 0.4) is 0 Å². The Morgan fingerprint density at radius 1 is 1.04 bits per heavy atom. The van der Waals surface area contributed by atoms with E-state index in [4.69, 9.17) is 0 Å². The predicted octanol–water partition coefficient (Wildman–Crippen LogP) is 3.10. The molecule has 2 rings (SSSR count). The molecule has 0 heterocycles. The first-order valence-corrected chi connectivity index (χ1v) is 8.63. The number of benzene rings is 2. The number of alkyl halides is 3. The smallest absolute Gasteiger partial charge is 0.325 e. The molecule has 0 aliphatic carbocycles. The molecule has 0 atom stereocenters. The zero-order chi connectivity index (χ0) is 19.5. The quantitative estimate of drug-likeness (QED) is 0.798. The van der Waals surface area contributed by atoms with E-state index in [0.29, 0.717) is 0 Å². The monoisotopic (exact) mass is 390 g/mol. The van der Waals surface area contributed by atoms with Crippen molar-refractivity contribution in [1.82, 2.24) is 4.31 Å². The molecule has 10 heteroatoms. The van der Waals surface area contributed by atoms with E-state index in [1.165, 1.54) is 0 Å². The SMILES string of the molecule is CN(CC(=O)Nc1ccc(C(F)(F)F)cc1)S(=O)(=O)c1ccc(F)cc1. The number of hydrogen-bond acceptors (Lipinski definition) is 3. The van der Waals surface area contributed by atoms with Gasteiger partial charge in [0.2, 0.25) is 15.9 Å². The van der Waals surface area contributed by atoms with Crippen LogP contribution in [0.5, 0.6) is 0 Å². The number of rotatable bonds is 5. The number of nitrogens with zero attached hydrogens (tertiary/aromatic N) is 1. The number of hydrogen-bond donors (Lipinski definition) is 1. The maximum Gasteiger partial charge on any atom is 0.416 e. The average Bonchev–Trinajstić information content (AvgIpc) is 2.54. The Morgan fingerprint density at radius 3 is 2.08 bits per heavy atom. The zero-order valence-corrected chi connectivity index (χ0v) is 14.2. The standard InChI is InChI=1S/C16H14F4N2O3S/c1-22(26(24,25)14-8-4-12(17)5-9-14)10-15(23)21-13-6-2-11(3-7-13)16(18,19)20/h2-9H,10H2,1H3,(H,21,23). The zero-order valence-electron chi connectivity index (χ0n) is 13.4. The summed E-state index contributed by atoms with van der Waals surface area (Å²) in [4.78, 5) is 11.7. The molecule has 0 radical (unpaired) electrons. The van der Waals surface area contributed by atoms with Gasteiger partial charge in [0, 0.05) is 12.7 Å². The molecule has 0 fully saturated rings. The number of anilines is 1. The van der Waals surface area contributed by atoms with Crippen LogP contribution < -0.4 is 5.32 Å². The fourth-order valence-corrected chi connectivity index (χ4v) is 3.14. The van der Waals surface area contributed by atoms with Crippen LogP contribution in [0, 0.1) is 5.82 Å². The Labute approximate surface area is 147 Å². The first-order chi connectivity index (χ1) is 12.0. The minimum atomic E-state index is -4.49. The van der Waals surface area contributed by atoms with Crippen LogP contribution in [0.15, 0.2) is 53.4 Å². The van der Waals surface area contributed by atoms with Crippen LogP contribution in [0.1, 0.15) is 5.56 Å². The fourth-order valence-electron chi connectivity index (χ4n) is 2.02. The first kappa shape index (κ1) is 19.9. The lowest BCUT2D eigenvalue weighted by molar-refractivity contribution is -0.137. The number of nitrogens with one attached hydrogen (secondary N) is 1. The van der Waals surface area contributed by atoms with Gasteiger partial charge >= 0.3 is 6.18 Å². The van der Waals surface area contributed by atoms with E-state index in [0.717, 1.165) is 59.9 Å². The normalized spacial score (nSPS) is 12.2. The molecule has 0 unspecified atom stereocenters. The van der Waals surface area contributed by atoms with Gasteiger partial charge in [0.1, 0.15) is 5.82 Å². The maximum absolute atomic E-state index is 12.9. The highest BCUT2D eigenvalue weighted by atomic mass is 32.2. The van der Waals surface area contributed by atoms with E-state index >= 15 is 0 Å². The topological polar surface area (TPSA) is 66.5 Å². The predicted molar refractivity (Wildman–Crippen MR) is 86.3 cm³/mol. The summed E-state index contributed by atoms with van der Waals surface area (Å²) in [6.45, 7) is -0.569. The van der Waals surface area contributed by atoms with Crippen molar-refractivity contribution in [2.75, 3.05) is 18.9 Å². The molecule has 1 amide bonds. The molecule has 0 aliphatic heterocycles. The van der Waals surface area contributed by atoms with Crippen molar-refractivity contribution < 1.29 is 30.8 Å². The Bertz CT molecular complexity index is 879. The molecule has 140 valence electrons. The van der Waals surface area contributed by atoms with E-state index in [9.17, 15) is 30.8 Å². The molecule has 0 bridgehead atoms. The Balaban J connectivity index is 2.03. The Kier molecular flexibility index (Phi) is 5.67. The minimum absolute atomic E-state index is 0.0931. The second-order valence-electron chi connectivity index (χ2n) is 5.34. The van der Waals surface area contributed by atoms with Gasteiger partial charge in [0.15, 0.2) is 0 Å². The Morgan fingerprint density at radius 2 is 1.58 bits per heavy atom. The largest absolute Gasteiger partial charge is 0.416 e. The number of sulfonamides is 1. The Hall–Kier alpha value is -2.46. The van der Waals surface area contributed by atoms with E-state index in [1.807, 2.05) is 0 Å². The molecule has 1 N–H and O–H groups in total. The van der Waals surface area contributed by atoms with Crippen LogP contribution in [0.2, 0.25) is 0 Å². The molecule has 0 saturated carbocycles. The fraction of sp³-hybridized carbons (Fsp3) is 0.188. The number of carbonyl (C=O) groups is 1. The third-order valence-corrected chi connectivity index (χ3v) is 5.20. The van der Waals surface area contributed by atoms with Gasteiger partial charge < -0.3 is 5.32 Å². The molecule has 0 spiro atoms. The highest BCUT2D eigenvalue weighted by molar-refractivity contribution is 7.89. The number of likely N-dealkylation sites (N-methyl/N-ethyl adjacent to an activating group) is 1.